The van der Waals surface area contributed by atoms with Gasteiger partial charge in [0.1, 0.15) is 0 Å². The maximum atomic E-state index is 7.75. The first kappa shape index (κ1) is 9.99. The van der Waals surface area contributed by atoms with E-state index in [0.29, 0.717) is 6.54 Å². The number of nitrogens with two attached hydrogens (primary N) is 1. The smallest absolute Gasteiger partial charge is 0.0553 e. The van der Waals surface area contributed by atoms with Crippen LogP contribution in [0.3, 0.4) is 0 Å². The molecule has 0 bridgehead atoms. The van der Waals surface area contributed by atoms with E-state index in [2.05, 4.69) is 0 Å². The topological polar surface area (TPSA) is 66.5 Å². The lowest BCUT2D eigenvalue weighted by atomic mass is 10.8. The Balaban J connectivity index is 0. The molecule has 0 heterocycles. The van der Waals surface area contributed by atoms with E-state index >= 15 is 0 Å². The van der Waals surface area contributed by atoms with Gasteiger partial charge >= 0.3 is 0 Å². The molecule has 0 aliphatic carbocycles. The molecule has 0 aliphatic rings. The second-order valence-electron chi connectivity index (χ2n) is 0.829. The second kappa shape index (κ2) is 16.9. The fraction of sp³-hybridized carbons (Fsp3) is 1.00. The van der Waals surface area contributed by atoms with Crippen molar-refractivity contribution in [2.24, 2.45) is 5.73 Å². The number of hydrogen-bond donors (Lipinski definition) is 3. The van der Waals surface area contributed by atoms with Gasteiger partial charge in [-0.25, -0.2) is 0 Å². The zero-order valence-electron chi connectivity index (χ0n) is 4.59. The van der Waals surface area contributed by atoms with Crippen molar-refractivity contribution >= 4 is 0 Å². The van der Waals surface area contributed by atoms with E-state index in [1.165, 1.54) is 0 Å². The summed E-state index contributed by atoms with van der Waals surface area (Å²) in [5, 5.41) is 15.3. The molecule has 0 amide bonds. The summed E-state index contributed by atoms with van der Waals surface area (Å²) in [6.45, 7) is 2.40. The summed E-state index contributed by atoms with van der Waals surface area (Å²) in [6, 6.07) is 0. The number of aliphatic hydroxyl groups excluding tert-OH is 2. The lowest BCUT2D eigenvalue weighted by Gasteiger charge is -1.71. The lowest BCUT2D eigenvalue weighted by molar-refractivity contribution is 0.306. The molecule has 4 N–H and O–H groups in total. The third kappa shape index (κ3) is 114. The molecule has 0 atom stereocenters. The van der Waals surface area contributed by atoms with Crippen molar-refractivity contribution < 1.29 is 10.2 Å². The Morgan fingerprint density at radius 3 is 1.57 bits per heavy atom. The summed E-state index contributed by atoms with van der Waals surface area (Å²) >= 11 is 0. The average molecular weight is 107 g/mol. The van der Waals surface area contributed by atoms with Gasteiger partial charge in [0.25, 0.3) is 0 Å². The molecule has 0 spiro atoms. The van der Waals surface area contributed by atoms with Gasteiger partial charge in [-0.05, 0) is 6.92 Å². The highest BCUT2D eigenvalue weighted by Gasteiger charge is 1.56. The van der Waals surface area contributed by atoms with Crippen molar-refractivity contribution in [1.82, 2.24) is 0 Å². The van der Waals surface area contributed by atoms with Crippen molar-refractivity contribution in [3.05, 3.63) is 0 Å². The Labute approximate surface area is 43.8 Å². The Morgan fingerprint density at radius 2 is 1.57 bits per heavy atom. The Morgan fingerprint density at radius 1 is 1.43 bits per heavy atom. The molecule has 7 heavy (non-hydrogen) atoms. The zero-order valence-corrected chi connectivity index (χ0v) is 4.59. The first-order valence-electron chi connectivity index (χ1n) is 2.25. The quantitative estimate of drug-likeness (QED) is 0.400. The molecule has 3 heteroatoms. The summed E-state index contributed by atoms with van der Waals surface area (Å²) in [7, 11) is 0. The van der Waals surface area contributed by atoms with Crippen LogP contribution in [0.25, 0.3) is 0 Å². The molecule has 0 aromatic rings. The molecule has 3 nitrogen and oxygen atoms in total. The van der Waals surface area contributed by atoms with E-state index in [4.69, 9.17) is 15.9 Å². The lowest BCUT2D eigenvalue weighted by Crippen LogP contribution is -2.02. The second-order valence-corrected chi connectivity index (χ2v) is 0.829. The summed E-state index contributed by atoms with van der Waals surface area (Å²) < 4.78 is 0. The van der Waals surface area contributed by atoms with Crippen LogP contribution in [0.5, 0.6) is 0 Å². The van der Waals surface area contributed by atoms with Gasteiger partial charge in [0.05, 0.1) is 6.61 Å². The molecule has 0 radical (unpaired) electrons. The van der Waals surface area contributed by atoms with Crippen molar-refractivity contribution in [3.8, 4) is 0 Å². The van der Waals surface area contributed by atoms with Crippen LogP contribution in [0.4, 0.5) is 0 Å². The highest BCUT2D eigenvalue weighted by atomic mass is 16.3. The fourth-order valence-corrected chi connectivity index (χ4v) is 0. The summed E-state index contributed by atoms with van der Waals surface area (Å²) in [5.41, 5.74) is 4.78. The van der Waals surface area contributed by atoms with Gasteiger partial charge in [-0.1, -0.05) is 0 Å². The molecular weight excluding hydrogens is 94.0 g/mol. The Hall–Kier alpha value is -0.120. The van der Waals surface area contributed by atoms with Crippen molar-refractivity contribution in [2.45, 2.75) is 6.92 Å². The van der Waals surface area contributed by atoms with E-state index in [9.17, 15) is 0 Å². The first-order chi connectivity index (χ1) is 3.33. The molecule has 0 aromatic heterocycles. The van der Waals surface area contributed by atoms with Crippen LogP contribution in [0, 0.1) is 0 Å². The maximum Gasteiger partial charge on any atom is 0.0553 e. The van der Waals surface area contributed by atoms with Crippen LogP contribution in [0.1, 0.15) is 6.92 Å². The van der Waals surface area contributed by atoms with Gasteiger partial charge in [0, 0.05) is 13.2 Å². The van der Waals surface area contributed by atoms with Crippen molar-refractivity contribution in [2.75, 3.05) is 19.8 Å². The van der Waals surface area contributed by atoms with Crippen LogP contribution in [0.15, 0.2) is 0 Å². The highest BCUT2D eigenvalue weighted by Crippen LogP contribution is 1.33. The predicted octanol–water partition coefficient (Wildman–Crippen LogP) is -1.06. The maximum absolute atomic E-state index is 7.75. The third-order valence-electron chi connectivity index (χ3n) is 0.129. The zero-order chi connectivity index (χ0) is 6.12. The van der Waals surface area contributed by atoms with Crippen molar-refractivity contribution in [1.29, 1.82) is 0 Å². The van der Waals surface area contributed by atoms with Crippen LogP contribution in [-0.2, 0) is 0 Å². The predicted molar refractivity (Wildman–Crippen MR) is 28.9 cm³/mol. The van der Waals surface area contributed by atoms with Crippen LogP contribution in [-0.4, -0.2) is 30.0 Å². The molecule has 0 rings (SSSR count). The minimum absolute atomic E-state index is 0.0972. The molecule has 0 aromatic carbocycles. The van der Waals surface area contributed by atoms with Crippen molar-refractivity contribution in [3.63, 3.8) is 0 Å². The summed E-state index contributed by atoms with van der Waals surface area (Å²) in [4.78, 5) is 0. The van der Waals surface area contributed by atoms with Gasteiger partial charge in [0.2, 0.25) is 0 Å². The van der Waals surface area contributed by atoms with Gasteiger partial charge < -0.3 is 15.9 Å². The summed E-state index contributed by atoms with van der Waals surface area (Å²) in [5.74, 6) is 0. The number of aliphatic hydroxyl groups is 2. The van der Waals surface area contributed by atoms with E-state index in [-0.39, 0.29) is 13.2 Å². The van der Waals surface area contributed by atoms with Crippen LogP contribution in [0.2, 0.25) is 0 Å². The average Bonchev–Trinajstić information content (AvgIpc) is 1.69. The highest BCUT2D eigenvalue weighted by molar-refractivity contribution is 4.17. The van der Waals surface area contributed by atoms with E-state index < -0.39 is 0 Å². The Kier molecular flexibility index (Phi) is 24.1. The molecule has 0 aliphatic heterocycles. The first-order valence-corrected chi connectivity index (χ1v) is 2.25. The third-order valence-corrected chi connectivity index (χ3v) is 0.129. The molecule has 46 valence electrons. The number of hydrogen-bond acceptors (Lipinski definition) is 3. The minimum Gasteiger partial charge on any atom is -0.397 e. The summed E-state index contributed by atoms with van der Waals surface area (Å²) in [6.07, 6.45) is 0. The molecule has 0 saturated carbocycles. The fourth-order valence-electron chi connectivity index (χ4n) is 0. The van der Waals surface area contributed by atoms with Gasteiger partial charge in [-0.15, -0.1) is 0 Å². The largest absolute Gasteiger partial charge is 0.397 e. The van der Waals surface area contributed by atoms with Crippen LogP contribution >= 0.6 is 0 Å². The minimum atomic E-state index is 0.0972. The molecule has 0 unspecified atom stereocenters. The monoisotopic (exact) mass is 107 g/mol. The normalized spacial score (nSPS) is 6.86. The Bertz CT molecular complexity index is 17.2. The molecule has 0 saturated heterocycles. The SMILES string of the molecule is CCO.NCCO. The van der Waals surface area contributed by atoms with Crippen LogP contribution < -0.4 is 5.73 Å². The number of rotatable bonds is 1. The van der Waals surface area contributed by atoms with E-state index in [1.54, 1.807) is 6.92 Å². The molecule has 0 fully saturated rings. The van der Waals surface area contributed by atoms with Gasteiger partial charge in [-0.3, -0.25) is 0 Å². The standard InChI is InChI=1S/C2H7NO.C2H6O/c3-1-2-4;1-2-3/h4H,1-3H2;3H,2H2,1H3. The van der Waals surface area contributed by atoms with Gasteiger partial charge in [0.15, 0.2) is 0 Å². The molecular formula is C4H13NO2. The van der Waals surface area contributed by atoms with E-state index in [1.807, 2.05) is 0 Å². The van der Waals surface area contributed by atoms with E-state index in [0.717, 1.165) is 0 Å². The van der Waals surface area contributed by atoms with Gasteiger partial charge in [-0.2, -0.15) is 0 Å².